The normalized spacial score (nSPS) is 12.0. The van der Waals surface area contributed by atoms with Crippen LogP contribution in [0.1, 0.15) is 50.6 Å². The number of methoxy groups -OCH3 is 3. The molecular formula is C17H29NO3. The van der Waals surface area contributed by atoms with Crippen LogP contribution in [0.2, 0.25) is 0 Å². The summed E-state index contributed by atoms with van der Waals surface area (Å²) in [6.45, 7) is 2.23. The van der Waals surface area contributed by atoms with Gasteiger partial charge in [0.2, 0.25) is 5.75 Å². The van der Waals surface area contributed by atoms with Crippen LogP contribution in [0.5, 0.6) is 17.2 Å². The first-order valence-corrected chi connectivity index (χ1v) is 7.69. The Kier molecular flexibility index (Phi) is 7.98. The number of unbranched alkanes of at least 4 members (excludes halogenated alkanes) is 3. The van der Waals surface area contributed by atoms with Crippen LogP contribution in [-0.4, -0.2) is 28.4 Å². The third-order valence-corrected chi connectivity index (χ3v) is 3.80. The molecule has 0 spiro atoms. The van der Waals surface area contributed by atoms with E-state index >= 15 is 0 Å². The summed E-state index contributed by atoms with van der Waals surface area (Å²) < 4.78 is 16.4. The number of rotatable bonds is 10. The van der Waals surface area contributed by atoms with Gasteiger partial charge < -0.3 is 19.5 Å². The molecule has 1 rings (SSSR count). The molecule has 4 heteroatoms. The molecule has 1 aromatic rings. The van der Waals surface area contributed by atoms with Crippen molar-refractivity contribution in [2.45, 2.75) is 45.1 Å². The highest BCUT2D eigenvalue weighted by Crippen LogP contribution is 2.42. The van der Waals surface area contributed by atoms with Gasteiger partial charge in [0, 0.05) is 11.6 Å². The molecule has 21 heavy (non-hydrogen) atoms. The lowest BCUT2D eigenvalue weighted by atomic mass is 9.98. The van der Waals surface area contributed by atoms with E-state index in [1.807, 2.05) is 13.1 Å². The number of ether oxygens (including phenoxy) is 3. The smallest absolute Gasteiger partial charge is 0.203 e. The standard InChI is InChI=1S/C17H29NO3/c1-6-7-8-9-10-14(18-2)13-11-12-15(19-3)17(21-5)16(13)20-4/h11-12,14,18H,6-10H2,1-5H3. The van der Waals surface area contributed by atoms with Crippen LogP contribution >= 0.6 is 0 Å². The van der Waals surface area contributed by atoms with E-state index in [2.05, 4.69) is 18.3 Å². The molecule has 0 radical (unpaired) electrons. The molecule has 0 saturated heterocycles. The van der Waals surface area contributed by atoms with Gasteiger partial charge in [-0.1, -0.05) is 32.6 Å². The molecular weight excluding hydrogens is 266 g/mol. The molecule has 0 aliphatic rings. The molecule has 0 bridgehead atoms. The van der Waals surface area contributed by atoms with Crippen LogP contribution in [0.15, 0.2) is 12.1 Å². The fraction of sp³-hybridized carbons (Fsp3) is 0.647. The molecule has 120 valence electrons. The molecule has 4 nitrogen and oxygen atoms in total. The van der Waals surface area contributed by atoms with Gasteiger partial charge in [0.1, 0.15) is 0 Å². The van der Waals surface area contributed by atoms with Crippen LogP contribution < -0.4 is 19.5 Å². The number of hydrogen-bond donors (Lipinski definition) is 1. The second-order valence-corrected chi connectivity index (χ2v) is 5.11. The van der Waals surface area contributed by atoms with Crippen LogP contribution in [0.3, 0.4) is 0 Å². The quantitative estimate of drug-likeness (QED) is 0.664. The maximum atomic E-state index is 5.58. The molecule has 1 unspecified atom stereocenters. The second kappa shape index (κ2) is 9.50. The predicted octanol–water partition coefficient (Wildman–Crippen LogP) is 3.94. The maximum absolute atomic E-state index is 5.58. The highest BCUT2D eigenvalue weighted by atomic mass is 16.5. The van der Waals surface area contributed by atoms with Gasteiger partial charge in [-0.3, -0.25) is 0 Å². The zero-order valence-corrected chi connectivity index (χ0v) is 14.0. The van der Waals surface area contributed by atoms with Crippen molar-refractivity contribution in [3.05, 3.63) is 17.7 Å². The topological polar surface area (TPSA) is 39.7 Å². The van der Waals surface area contributed by atoms with Crippen molar-refractivity contribution in [1.29, 1.82) is 0 Å². The maximum Gasteiger partial charge on any atom is 0.203 e. The van der Waals surface area contributed by atoms with Crippen molar-refractivity contribution in [3.63, 3.8) is 0 Å². The third-order valence-electron chi connectivity index (χ3n) is 3.80. The fourth-order valence-electron chi connectivity index (χ4n) is 2.63. The minimum atomic E-state index is 0.261. The van der Waals surface area contributed by atoms with E-state index in [9.17, 15) is 0 Å². The van der Waals surface area contributed by atoms with Gasteiger partial charge in [0.25, 0.3) is 0 Å². The van der Waals surface area contributed by atoms with Crippen LogP contribution in [0, 0.1) is 0 Å². The summed E-state index contributed by atoms with van der Waals surface area (Å²) >= 11 is 0. The Morgan fingerprint density at radius 1 is 0.952 bits per heavy atom. The van der Waals surface area contributed by atoms with Crippen LogP contribution in [-0.2, 0) is 0 Å². The Hall–Kier alpha value is -1.42. The van der Waals surface area contributed by atoms with Gasteiger partial charge in [-0.15, -0.1) is 0 Å². The van der Waals surface area contributed by atoms with E-state index in [0.717, 1.165) is 17.7 Å². The van der Waals surface area contributed by atoms with Crippen LogP contribution in [0.25, 0.3) is 0 Å². The highest BCUT2D eigenvalue weighted by Gasteiger charge is 2.21. The molecule has 0 heterocycles. The fourth-order valence-corrected chi connectivity index (χ4v) is 2.63. The van der Waals surface area contributed by atoms with Crippen molar-refractivity contribution >= 4 is 0 Å². The number of benzene rings is 1. The van der Waals surface area contributed by atoms with E-state index in [1.165, 1.54) is 25.7 Å². The minimum Gasteiger partial charge on any atom is -0.493 e. The molecule has 1 atom stereocenters. The summed E-state index contributed by atoms with van der Waals surface area (Å²) in [5.74, 6) is 2.11. The average Bonchev–Trinajstić information content (AvgIpc) is 2.53. The predicted molar refractivity (Wildman–Crippen MR) is 86.7 cm³/mol. The summed E-state index contributed by atoms with van der Waals surface area (Å²) in [6.07, 6.45) is 6.10. The molecule has 0 aliphatic heterocycles. The lowest BCUT2D eigenvalue weighted by Crippen LogP contribution is -2.17. The summed E-state index contributed by atoms with van der Waals surface area (Å²) in [5.41, 5.74) is 1.12. The first kappa shape index (κ1) is 17.6. The Morgan fingerprint density at radius 3 is 2.19 bits per heavy atom. The van der Waals surface area contributed by atoms with Gasteiger partial charge in [0.05, 0.1) is 21.3 Å². The molecule has 0 aliphatic carbocycles. The summed E-state index contributed by atoms with van der Waals surface area (Å²) in [4.78, 5) is 0. The highest BCUT2D eigenvalue weighted by molar-refractivity contribution is 5.56. The van der Waals surface area contributed by atoms with E-state index in [-0.39, 0.29) is 6.04 Å². The Labute approximate surface area is 128 Å². The van der Waals surface area contributed by atoms with Crippen molar-refractivity contribution in [2.75, 3.05) is 28.4 Å². The third kappa shape index (κ3) is 4.53. The Morgan fingerprint density at radius 2 is 1.67 bits per heavy atom. The SMILES string of the molecule is CCCCCCC(NC)c1ccc(OC)c(OC)c1OC. The summed E-state index contributed by atoms with van der Waals surface area (Å²) in [6, 6.07) is 4.26. The molecule has 1 N–H and O–H groups in total. The Bertz CT molecular complexity index is 421. The van der Waals surface area contributed by atoms with Gasteiger partial charge in [-0.2, -0.15) is 0 Å². The Balaban J connectivity index is 2.97. The molecule has 0 saturated carbocycles. The van der Waals surface area contributed by atoms with Gasteiger partial charge >= 0.3 is 0 Å². The number of hydrogen-bond acceptors (Lipinski definition) is 4. The lowest BCUT2D eigenvalue weighted by molar-refractivity contribution is 0.318. The average molecular weight is 295 g/mol. The molecule has 1 aromatic carbocycles. The molecule has 0 fully saturated rings. The van der Waals surface area contributed by atoms with Crippen molar-refractivity contribution in [3.8, 4) is 17.2 Å². The zero-order valence-electron chi connectivity index (χ0n) is 14.0. The van der Waals surface area contributed by atoms with E-state index < -0.39 is 0 Å². The van der Waals surface area contributed by atoms with E-state index in [4.69, 9.17) is 14.2 Å². The van der Waals surface area contributed by atoms with Gasteiger partial charge in [-0.05, 0) is 25.6 Å². The van der Waals surface area contributed by atoms with Crippen molar-refractivity contribution in [2.24, 2.45) is 0 Å². The molecule has 0 amide bonds. The zero-order chi connectivity index (χ0) is 15.7. The monoisotopic (exact) mass is 295 g/mol. The van der Waals surface area contributed by atoms with Crippen molar-refractivity contribution < 1.29 is 14.2 Å². The van der Waals surface area contributed by atoms with Gasteiger partial charge in [0.15, 0.2) is 11.5 Å². The van der Waals surface area contributed by atoms with E-state index in [1.54, 1.807) is 21.3 Å². The van der Waals surface area contributed by atoms with Crippen LogP contribution in [0.4, 0.5) is 0 Å². The first-order chi connectivity index (χ1) is 10.2. The van der Waals surface area contributed by atoms with Crippen molar-refractivity contribution in [1.82, 2.24) is 5.32 Å². The summed E-state index contributed by atoms with van der Waals surface area (Å²) in [7, 11) is 6.93. The summed E-state index contributed by atoms with van der Waals surface area (Å²) in [5, 5.41) is 3.38. The lowest BCUT2D eigenvalue weighted by Gasteiger charge is -2.22. The molecule has 0 aromatic heterocycles. The minimum absolute atomic E-state index is 0.261. The number of nitrogens with one attached hydrogen (secondary N) is 1. The van der Waals surface area contributed by atoms with Gasteiger partial charge in [-0.25, -0.2) is 0 Å². The second-order valence-electron chi connectivity index (χ2n) is 5.11. The first-order valence-electron chi connectivity index (χ1n) is 7.69. The van der Waals surface area contributed by atoms with E-state index in [0.29, 0.717) is 11.5 Å². The largest absolute Gasteiger partial charge is 0.493 e.